The fourth-order valence-electron chi connectivity index (χ4n) is 3.09. The van der Waals surface area contributed by atoms with Crippen LogP contribution in [0.2, 0.25) is 0 Å². The van der Waals surface area contributed by atoms with Gasteiger partial charge >= 0.3 is 0 Å². The second kappa shape index (κ2) is 10.3. The Morgan fingerprint density at radius 1 is 0.844 bits per heavy atom. The number of rotatable bonds is 9. The molecular weight excluding hydrogens is 414 g/mol. The van der Waals surface area contributed by atoms with Gasteiger partial charge in [0.2, 0.25) is 5.91 Å². The minimum absolute atomic E-state index is 0.215. The Kier molecular flexibility index (Phi) is 7.33. The third-order valence-electron chi connectivity index (χ3n) is 4.78. The summed E-state index contributed by atoms with van der Waals surface area (Å²) in [5.74, 6) is 1.94. The number of carbonyl (C=O) groups excluding carboxylic acids is 1. The molecule has 0 saturated carbocycles. The maximum Gasteiger partial charge on any atom is 0.267 e. The second-order valence-corrected chi connectivity index (χ2v) is 6.75. The molecule has 0 unspecified atom stereocenters. The van der Waals surface area contributed by atoms with Crippen molar-refractivity contribution in [2.45, 2.75) is 13.1 Å². The summed E-state index contributed by atoms with van der Waals surface area (Å²) >= 11 is 0. The normalized spacial score (nSPS) is 10.4. The Balaban J connectivity index is 1.72. The van der Waals surface area contributed by atoms with Gasteiger partial charge in [-0.25, -0.2) is 4.68 Å². The average Bonchev–Trinajstić information content (AvgIpc) is 2.83. The average molecular weight is 439 g/mol. The maximum absolute atomic E-state index is 12.4. The van der Waals surface area contributed by atoms with E-state index in [9.17, 15) is 9.59 Å². The van der Waals surface area contributed by atoms with Gasteiger partial charge in [0.1, 0.15) is 6.54 Å². The highest BCUT2D eigenvalue weighted by atomic mass is 16.5. The molecule has 168 valence electrons. The van der Waals surface area contributed by atoms with Gasteiger partial charge in [0.25, 0.3) is 5.56 Å². The van der Waals surface area contributed by atoms with Crippen LogP contribution in [0.15, 0.2) is 53.3 Å². The Morgan fingerprint density at radius 2 is 1.47 bits per heavy atom. The zero-order chi connectivity index (χ0) is 23.1. The molecule has 1 heterocycles. The van der Waals surface area contributed by atoms with E-state index in [-0.39, 0.29) is 24.6 Å². The third-order valence-corrected chi connectivity index (χ3v) is 4.78. The number of nitrogens with one attached hydrogen (secondary N) is 1. The van der Waals surface area contributed by atoms with Crippen molar-refractivity contribution in [3.63, 3.8) is 0 Å². The second-order valence-electron chi connectivity index (χ2n) is 6.75. The molecule has 0 saturated heterocycles. The van der Waals surface area contributed by atoms with Crippen LogP contribution < -0.4 is 29.8 Å². The predicted molar refractivity (Wildman–Crippen MR) is 118 cm³/mol. The minimum atomic E-state index is -0.379. The van der Waals surface area contributed by atoms with E-state index in [2.05, 4.69) is 10.4 Å². The van der Waals surface area contributed by atoms with Gasteiger partial charge in [0.15, 0.2) is 23.0 Å². The lowest BCUT2D eigenvalue weighted by molar-refractivity contribution is -0.122. The van der Waals surface area contributed by atoms with Crippen molar-refractivity contribution in [1.29, 1.82) is 0 Å². The summed E-state index contributed by atoms with van der Waals surface area (Å²) in [6.07, 6.45) is 0. The smallest absolute Gasteiger partial charge is 0.267 e. The van der Waals surface area contributed by atoms with Crippen molar-refractivity contribution >= 4 is 5.91 Å². The van der Waals surface area contributed by atoms with Crippen molar-refractivity contribution in [2.24, 2.45) is 0 Å². The Bertz CT molecular complexity index is 1160. The molecule has 1 amide bonds. The van der Waals surface area contributed by atoms with Crippen molar-refractivity contribution in [3.05, 3.63) is 64.4 Å². The van der Waals surface area contributed by atoms with Crippen LogP contribution >= 0.6 is 0 Å². The maximum atomic E-state index is 12.4. The molecule has 0 atom stereocenters. The zero-order valence-electron chi connectivity index (χ0n) is 18.4. The standard InChI is InChI=1S/C23H25N3O6/c1-29-18-8-5-15(11-20(18)31-3)13-24-22(27)14-26-23(28)10-7-17(25-26)16-6-9-19(30-2)21(12-16)32-4/h5-12H,13-14H2,1-4H3,(H,24,27). The molecule has 32 heavy (non-hydrogen) atoms. The van der Waals surface area contributed by atoms with E-state index in [1.54, 1.807) is 64.8 Å². The first kappa shape index (κ1) is 22.7. The SMILES string of the molecule is COc1ccc(CNC(=O)Cn2nc(-c3ccc(OC)c(OC)c3)ccc2=O)cc1OC. The molecule has 1 N–H and O–H groups in total. The zero-order valence-corrected chi connectivity index (χ0v) is 18.4. The molecule has 3 aromatic rings. The van der Waals surface area contributed by atoms with Crippen molar-refractivity contribution in [1.82, 2.24) is 15.1 Å². The lowest BCUT2D eigenvalue weighted by Gasteiger charge is -2.12. The number of hydrogen-bond donors (Lipinski definition) is 1. The van der Waals surface area contributed by atoms with Gasteiger partial charge in [-0.1, -0.05) is 6.07 Å². The quantitative estimate of drug-likeness (QED) is 0.546. The first-order valence-electron chi connectivity index (χ1n) is 9.77. The molecule has 0 fully saturated rings. The molecule has 0 bridgehead atoms. The number of amides is 1. The Labute approximate surface area is 185 Å². The number of ether oxygens (including phenoxy) is 4. The van der Waals surface area contributed by atoms with Crippen molar-refractivity contribution < 1.29 is 23.7 Å². The molecule has 2 aromatic carbocycles. The molecule has 0 aliphatic heterocycles. The van der Waals surface area contributed by atoms with Crippen LogP contribution in [0, 0.1) is 0 Å². The summed E-state index contributed by atoms with van der Waals surface area (Å²) in [5.41, 5.74) is 1.70. The Morgan fingerprint density at radius 3 is 2.12 bits per heavy atom. The van der Waals surface area contributed by atoms with E-state index in [1.165, 1.54) is 6.07 Å². The van der Waals surface area contributed by atoms with E-state index >= 15 is 0 Å². The number of hydrogen-bond acceptors (Lipinski definition) is 7. The monoisotopic (exact) mass is 439 g/mol. The fraction of sp³-hybridized carbons (Fsp3) is 0.261. The molecule has 0 aliphatic carbocycles. The number of methoxy groups -OCH3 is 4. The summed E-state index contributed by atoms with van der Waals surface area (Å²) < 4.78 is 22.2. The highest BCUT2D eigenvalue weighted by Gasteiger charge is 2.11. The molecule has 3 rings (SSSR count). The summed E-state index contributed by atoms with van der Waals surface area (Å²) in [6, 6.07) is 13.6. The van der Waals surface area contributed by atoms with Crippen molar-refractivity contribution in [3.8, 4) is 34.3 Å². The topological polar surface area (TPSA) is 101 Å². The van der Waals surface area contributed by atoms with Gasteiger partial charge < -0.3 is 24.3 Å². The minimum Gasteiger partial charge on any atom is -0.493 e. The molecule has 1 aromatic heterocycles. The van der Waals surface area contributed by atoms with E-state index in [0.29, 0.717) is 28.7 Å². The van der Waals surface area contributed by atoms with Gasteiger partial charge in [-0.15, -0.1) is 0 Å². The number of aromatic nitrogens is 2. The Hall–Kier alpha value is -4.01. The lowest BCUT2D eigenvalue weighted by Crippen LogP contribution is -2.33. The number of benzene rings is 2. The van der Waals surface area contributed by atoms with Gasteiger partial charge in [-0.3, -0.25) is 9.59 Å². The summed E-state index contributed by atoms with van der Waals surface area (Å²) in [6.45, 7) is 0.0521. The van der Waals surface area contributed by atoms with Gasteiger partial charge in [-0.2, -0.15) is 5.10 Å². The molecule has 0 radical (unpaired) electrons. The molecule has 9 nitrogen and oxygen atoms in total. The van der Waals surface area contributed by atoms with E-state index in [4.69, 9.17) is 18.9 Å². The molecule has 0 aliphatic rings. The van der Waals surface area contributed by atoms with Crippen LogP contribution in [0.5, 0.6) is 23.0 Å². The highest BCUT2D eigenvalue weighted by molar-refractivity contribution is 5.75. The number of carbonyl (C=O) groups is 1. The van der Waals surface area contributed by atoms with Crippen LogP contribution in [-0.4, -0.2) is 44.1 Å². The van der Waals surface area contributed by atoms with Crippen molar-refractivity contribution in [2.75, 3.05) is 28.4 Å². The van der Waals surface area contributed by atoms with Crippen LogP contribution in [0.25, 0.3) is 11.3 Å². The number of nitrogens with zero attached hydrogens (tertiary/aromatic N) is 2. The lowest BCUT2D eigenvalue weighted by atomic mass is 10.1. The van der Waals surface area contributed by atoms with Crippen LogP contribution in [-0.2, 0) is 17.9 Å². The molecule has 0 spiro atoms. The van der Waals surface area contributed by atoms with Crippen LogP contribution in [0.1, 0.15) is 5.56 Å². The third kappa shape index (κ3) is 5.18. The van der Waals surface area contributed by atoms with Crippen LogP contribution in [0.4, 0.5) is 0 Å². The van der Waals surface area contributed by atoms with Gasteiger partial charge in [0, 0.05) is 18.2 Å². The van der Waals surface area contributed by atoms with Crippen LogP contribution in [0.3, 0.4) is 0 Å². The molecule has 9 heteroatoms. The predicted octanol–water partition coefficient (Wildman–Crippen LogP) is 2.26. The van der Waals surface area contributed by atoms with Gasteiger partial charge in [-0.05, 0) is 42.0 Å². The fourth-order valence-corrected chi connectivity index (χ4v) is 3.09. The summed E-state index contributed by atoms with van der Waals surface area (Å²) in [7, 11) is 6.19. The first-order chi connectivity index (χ1) is 15.5. The molecular formula is C23H25N3O6. The van der Waals surface area contributed by atoms with E-state index < -0.39 is 0 Å². The largest absolute Gasteiger partial charge is 0.493 e. The van der Waals surface area contributed by atoms with Gasteiger partial charge in [0.05, 0.1) is 34.1 Å². The van der Waals surface area contributed by atoms with E-state index in [0.717, 1.165) is 15.8 Å². The first-order valence-corrected chi connectivity index (χ1v) is 9.77. The van der Waals surface area contributed by atoms with E-state index in [1.807, 2.05) is 6.07 Å². The summed E-state index contributed by atoms with van der Waals surface area (Å²) in [4.78, 5) is 24.7. The summed E-state index contributed by atoms with van der Waals surface area (Å²) in [5, 5.41) is 7.11. The highest BCUT2D eigenvalue weighted by Crippen LogP contribution is 2.31.